The van der Waals surface area contributed by atoms with Gasteiger partial charge in [0.2, 0.25) is 11.8 Å². The van der Waals surface area contributed by atoms with Gasteiger partial charge in [-0.25, -0.2) is 4.68 Å². The van der Waals surface area contributed by atoms with Gasteiger partial charge in [0, 0.05) is 29.7 Å². The van der Waals surface area contributed by atoms with Crippen LogP contribution >= 0.6 is 0 Å². The number of carbonyl (C=O) groups excluding carboxylic acids is 1. The molecular formula is C24H33N5O2. The van der Waals surface area contributed by atoms with Crippen molar-refractivity contribution < 1.29 is 9.32 Å². The molecule has 0 fully saturated rings. The van der Waals surface area contributed by atoms with Gasteiger partial charge in [-0.15, -0.1) is 0 Å². The van der Waals surface area contributed by atoms with Crippen LogP contribution in [0.15, 0.2) is 34.9 Å². The molecule has 0 aliphatic carbocycles. The fourth-order valence-electron chi connectivity index (χ4n) is 3.06. The maximum absolute atomic E-state index is 12.7. The van der Waals surface area contributed by atoms with Crippen LogP contribution in [0.3, 0.4) is 0 Å². The largest absolute Gasteiger partial charge is 0.339 e. The summed E-state index contributed by atoms with van der Waals surface area (Å²) in [6, 6.07) is 10.0. The fourth-order valence-corrected chi connectivity index (χ4v) is 3.06. The van der Waals surface area contributed by atoms with Crippen molar-refractivity contribution in [3.8, 4) is 5.69 Å². The third-order valence-electron chi connectivity index (χ3n) is 4.92. The van der Waals surface area contributed by atoms with Gasteiger partial charge in [0.25, 0.3) is 0 Å². The molecular weight excluding hydrogens is 390 g/mol. The molecule has 2 heterocycles. The minimum absolute atomic E-state index is 0.0650. The van der Waals surface area contributed by atoms with Crippen molar-refractivity contribution in [3.05, 3.63) is 53.3 Å². The fraction of sp³-hybridized carbons (Fsp3) is 0.500. The Kier molecular flexibility index (Phi) is 6.34. The lowest BCUT2D eigenvalue weighted by Gasteiger charge is -2.14. The minimum Gasteiger partial charge on any atom is -0.339 e. The molecule has 1 aromatic carbocycles. The molecule has 0 saturated carbocycles. The zero-order valence-corrected chi connectivity index (χ0v) is 19.6. The first kappa shape index (κ1) is 22.7. The summed E-state index contributed by atoms with van der Waals surface area (Å²) < 4.78 is 7.12. The highest BCUT2D eigenvalue weighted by atomic mass is 16.5. The zero-order chi connectivity index (χ0) is 22.8. The van der Waals surface area contributed by atoms with Crippen molar-refractivity contribution in [1.82, 2.24) is 19.9 Å². The molecule has 0 unspecified atom stereocenters. The van der Waals surface area contributed by atoms with E-state index in [0.717, 1.165) is 16.9 Å². The quantitative estimate of drug-likeness (QED) is 0.595. The molecule has 0 aliphatic rings. The molecule has 0 bridgehead atoms. The average Bonchev–Trinajstić information content (AvgIpc) is 3.28. The molecule has 0 spiro atoms. The van der Waals surface area contributed by atoms with Gasteiger partial charge in [-0.2, -0.15) is 10.1 Å². The second-order valence-electron chi connectivity index (χ2n) is 10.1. The smallest absolute Gasteiger partial charge is 0.226 e. The number of carbonyl (C=O) groups is 1. The Morgan fingerprint density at radius 3 is 2.45 bits per heavy atom. The van der Waals surface area contributed by atoms with Crippen molar-refractivity contribution in [2.24, 2.45) is 0 Å². The van der Waals surface area contributed by atoms with Gasteiger partial charge < -0.3 is 9.84 Å². The van der Waals surface area contributed by atoms with Crippen LogP contribution in [0.4, 0.5) is 5.82 Å². The summed E-state index contributed by atoms with van der Waals surface area (Å²) in [5, 5.41) is 11.8. The van der Waals surface area contributed by atoms with Crippen LogP contribution in [0.1, 0.15) is 77.4 Å². The van der Waals surface area contributed by atoms with Gasteiger partial charge in [-0.1, -0.05) is 58.8 Å². The Morgan fingerprint density at radius 2 is 1.84 bits per heavy atom. The van der Waals surface area contributed by atoms with Gasteiger partial charge in [0.15, 0.2) is 5.82 Å². The number of aryl methyl sites for hydroxylation is 2. The lowest BCUT2D eigenvalue weighted by atomic mass is 9.92. The molecule has 166 valence electrons. The number of aromatic nitrogens is 4. The van der Waals surface area contributed by atoms with E-state index >= 15 is 0 Å². The Bertz CT molecular complexity index is 1050. The normalized spacial score (nSPS) is 12.2. The molecule has 0 saturated heterocycles. The van der Waals surface area contributed by atoms with E-state index in [-0.39, 0.29) is 16.7 Å². The monoisotopic (exact) mass is 423 g/mol. The molecule has 1 amide bonds. The first-order valence-corrected chi connectivity index (χ1v) is 10.7. The molecule has 3 rings (SSSR count). The molecule has 0 aliphatic heterocycles. The standard InChI is InChI=1S/C24H33N5O2/c1-16-10-8-11-17(14-16)29-19(15-18(27-29)23(2,3)4)25-20(30)12-9-13-21-26-22(28-31-21)24(5,6)7/h8,10-11,14-15H,9,12-13H2,1-7H3,(H,25,30). The van der Waals surface area contributed by atoms with Crippen LogP contribution < -0.4 is 5.32 Å². The van der Waals surface area contributed by atoms with Gasteiger partial charge in [0.1, 0.15) is 5.82 Å². The topological polar surface area (TPSA) is 85.8 Å². The van der Waals surface area contributed by atoms with E-state index in [4.69, 9.17) is 9.62 Å². The molecule has 0 radical (unpaired) electrons. The van der Waals surface area contributed by atoms with E-state index in [1.165, 1.54) is 0 Å². The van der Waals surface area contributed by atoms with Crippen molar-refractivity contribution in [1.29, 1.82) is 0 Å². The SMILES string of the molecule is Cc1cccc(-n2nc(C(C)(C)C)cc2NC(=O)CCCc2nc(C(C)(C)C)no2)c1. The second kappa shape index (κ2) is 8.65. The summed E-state index contributed by atoms with van der Waals surface area (Å²) in [5.74, 6) is 1.86. The summed E-state index contributed by atoms with van der Waals surface area (Å²) >= 11 is 0. The molecule has 7 nitrogen and oxygen atoms in total. The molecule has 3 aromatic rings. The number of benzene rings is 1. The molecule has 0 atom stereocenters. The van der Waals surface area contributed by atoms with Crippen LogP contribution in [0.2, 0.25) is 0 Å². The number of nitrogens with one attached hydrogen (secondary N) is 1. The molecule has 1 N–H and O–H groups in total. The number of amides is 1. The third kappa shape index (κ3) is 5.81. The third-order valence-corrected chi connectivity index (χ3v) is 4.92. The molecule has 2 aromatic heterocycles. The van der Waals surface area contributed by atoms with E-state index in [2.05, 4.69) is 42.3 Å². The summed E-state index contributed by atoms with van der Waals surface area (Å²) in [6.45, 7) is 14.5. The van der Waals surface area contributed by atoms with Gasteiger partial charge in [0.05, 0.1) is 11.4 Å². The first-order valence-electron chi connectivity index (χ1n) is 10.7. The Morgan fingerprint density at radius 1 is 1.10 bits per heavy atom. The number of rotatable bonds is 6. The van der Waals surface area contributed by atoms with E-state index in [0.29, 0.717) is 36.8 Å². The first-order chi connectivity index (χ1) is 14.4. The van der Waals surface area contributed by atoms with E-state index in [1.807, 2.05) is 52.0 Å². The lowest BCUT2D eigenvalue weighted by molar-refractivity contribution is -0.116. The van der Waals surface area contributed by atoms with Crippen molar-refractivity contribution in [2.75, 3.05) is 5.32 Å². The van der Waals surface area contributed by atoms with E-state index in [1.54, 1.807) is 4.68 Å². The summed E-state index contributed by atoms with van der Waals surface area (Å²) in [5.41, 5.74) is 2.70. The average molecular weight is 424 g/mol. The van der Waals surface area contributed by atoms with Gasteiger partial charge in [-0.05, 0) is 31.0 Å². The van der Waals surface area contributed by atoms with Gasteiger partial charge in [-0.3, -0.25) is 4.79 Å². The van der Waals surface area contributed by atoms with Crippen molar-refractivity contribution in [2.45, 2.75) is 78.6 Å². The van der Waals surface area contributed by atoms with Crippen LogP contribution in [-0.2, 0) is 22.0 Å². The van der Waals surface area contributed by atoms with Crippen LogP contribution in [0.5, 0.6) is 0 Å². The van der Waals surface area contributed by atoms with E-state index in [9.17, 15) is 4.79 Å². The Balaban J connectivity index is 1.69. The van der Waals surface area contributed by atoms with E-state index < -0.39 is 0 Å². The van der Waals surface area contributed by atoms with Crippen molar-refractivity contribution in [3.63, 3.8) is 0 Å². The highest BCUT2D eigenvalue weighted by Gasteiger charge is 2.22. The lowest BCUT2D eigenvalue weighted by Crippen LogP contribution is -2.15. The predicted octanol–water partition coefficient (Wildman–Crippen LogP) is 5.12. The van der Waals surface area contributed by atoms with Crippen LogP contribution in [0, 0.1) is 6.92 Å². The van der Waals surface area contributed by atoms with Crippen LogP contribution in [0.25, 0.3) is 5.69 Å². The second-order valence-corrected chi connectivity index (χ2v) is 10.1. The highest BCUT2D eigenvalue weighted by molar-refractivity contribution is 5.90. The molecule has 31 heavy (non-hydrogen) atoms. The van der Waals surface area contributed by atoms with Crippen molar-refractivity contribution >= 4 is 11.7 Å². The van der Waals surface area contributed by atoms with Crippen LogP contribution in [-0.4, -0.2) is 25.8 Å². The predicted molar refractivity (Wildman–Crippen MR) is 122 cm³/mol. The summed E-state index contributed by atoms with van der Waals surface area (Å²) in [7, 11) is 0. The molecule has 7 heteroatoms. The maximum Gasteiger partial charge on any atom is 0.226 e. The minimum atomic E-state index is -0.155. The Hall–Kier alpha value is -2.96. The number of anilines is 1. The number of nitrogens with zero attached hydrogens (tertiary/aromatic N) is 4. The number of hydrogen-bond acceptors (Lipinski definition) is 5. The highest BCUT2D eigenvalue weighted by Crippen LogP contribution is 2.27. The zero-order valence-electron chi connectivity index (χ0n) is 19.6. The summed E-state index contributed by atoms with van der Waals surface area (Å²) in [6.07, 6.45) is 1.56. The summed E-state index contributed by atoms with van der Waals surface area (Å²) in [4.78, 5) is 17.1. The van der Waals surface area contributed by atoms with Gasteiger partial charge >= 0.3 is 0 Å². The number of hydrogen-bond donors (Lipinski definition) is 1. The Labute approximate surface area is 184 Å². The maximum atomic E-state index is 12.7.